The Hall–Kier alpha value is -13.7. The summed E-state index contributed by atoms with van der Waals surface area (Å²) < 4.78 is 10.2. The molecule has 4 atom stereocenters. The first kappa shape index (κ1) is 104. The number of ketones is 2. The fourth-order valence-electron chi connectivity index (χ4n) is 18.1. The molecule has 1 amide bonds. The zero-order chi connectivity index (χ0) is 98.4. The van der Waals surface area contributed by atoms with Gasteiger partial charge in [-0.2, -0.15) is 0 Å². The quantitative estimate of drug-likeness (QED) is 0.00540. The number of carboxylic acids is 1. The number of anilines is 4. The van der Waals surface area contributed by atoms with Crippen LogP contribution in [0.3, 0.4) is 0 Å². The number of aromatic carboxylic acids is 1. The number of amides is 1. The molecule has 142 heavy (non-hydrogen) atoms. The molecule has 14 aromatic rings. The molecule has 25 heteroatoms. The summed E-state index contributed by atoms with van der Waals surface area (Å²) in [5.74, 6) is -5.56. The number of benzene rings is 14. The second-order valence-corrected chi connectivity index (χ2v) is 45.1. The van der Waals surface area contributed by atoms with Crippen molar-refractivity contribution < 1.29 is 79.0 Å². The van der Waals surface area contributed by atoms with Crippen LogP contribution in [0.1, 0.15) is 132 Å². The van der Waals surface area contributed by atoms with Crippen LogP contribution in [0.15, 0.2) is 352 Å². The fourth-order valence-corrected chi connectivity index (χ4v) is 29.5. The van der Waals surface area contributed by atoms with Crippen molar-refractivity contribution in [3.63, 3.8) is 0 Å². The van der Waals surface area contributed by atoms with Crippen molar-refractivity contribution in [1.29, 1.82) is 0 Å². The van der Waals surface area contributed by atoms with Gasteiger partial charge in [0.2, 0.25) is 17.5 Å². The van der Waals surface area contributed by atoms with Crippen molar-refractivity contribution in [3.8, 4) is 22.3 Å². The number of carbonyl (C=O) groups is 10. The van der Waals surface area contributed by atoms with Crippen LogP contribution < -0.4 is 57.6 Å². The van der Waals surface area contributed by atoms with Gasteiger partial charge in [-0.1, -0.05) is 236 Å². The fraction of sp³-hybridized carbons (Fsp3) is 0.197. The van der Waals surface area contributed by atoms with Gasteiger partial charge in [0.05, 0.1) is 82.4 Å². The van der Waals surface area contributed by atoms with Crippen LogP contribution in [0.4, 0.5) is 22.7 Å². The molecule has 4 unspecified atom stereocenters. The van der Waals surface area contributed by atoms with Crippen molar-refractivity contribution in [2.45, 2.75) is 77.6 Å². The first-order valence-corrected chi connectivity index (χ1v) is 55.4. The first-order chi connectivity index (χ1) is 68.8. The van der Waals surface area contributed by atoms with Crippen molar-refractivity contribution >= 4 is 136 Å². The molecule has 20 nitrogen and oxygen atoms in total. The monoisotopic (exact) mass is 2010 g/mol. The van der Waals surface area contributed by atoms with Gasteiger partial charge >= 0.3 is 29.8 Å². The van der Waals surface area contributed by atoms with E-state index in [1.807, 2.05) is 36.4 Å². The van der Waals surface area contributed by atoms with Gasteiger partial charge in [-0.3, -0.25) is 33.6 Å². The van der Waals surface area contributed by atoms with Crippen molar-refractivity contribution in [2.75, 3.05) is 89.5 Å². The molecule has 0 aliphatic carbocycles. The third kappa shape index (κ3) is 28.6. The Labute approximate surface area is 844 Å². The summed E-state index contributed by atoms with van der Waals surface area (Å²) in [4.78, 5) is 134. The standard InChI is InChI=1S/C67H69N5O5P2.C50H44N2O8P2.Ni/c1-49-16-25-54(36-39-68)63(42-49)56-29-28-55(37-40-69)64(43-56)53-26-17-52(18-27-53)38-41-70-65(74)34-23-50-19-30-58(31-20-50)71-45-78(60-11-4-2-5-12-60)47-72(48-79(46-71)61-13-6-3-7-14-61)59-32-21-51(22-33-59)24-35-66(75)77-67(76)62-15-9-8-10-57(62)44-73;53-31-38-11-7-8-16-43(38)50(59)60-47(55)30-24-37-21-27-40(28-22-37)52-34-61(41-12-3-1-4-13-41)32-51(33-62(35-52)42-14-5-2-6-15-42)39-25-19-36(20-26-39)23-29-46(54)48(56)44-17-9-10-18-45(44)49(57)58;/h2-22,25-33,42-44H,23-24,34-41,45-48,68-69H2,1H3,(H,70,74);1-22,25-28,31H,23-24,29-30,32-35H2,(H,57,58);/p+4. The Bertz CT molecular complexity index is 6580. The van der Waals surface area contributed by atoms with Crippen molar-refractivity contribution in [1.82, 2.24) is 5.32 Å². The number of hydrogen-bond acceptors (Lipinski definition) is 18. The molecule has 2 saturated heterocycles. The van der Waals surface area contributed by atoms with Crippen LogP contribution in [-0.4, -0.2) is 135 Å². The van der Waals surface area contributed by atoms with E-state index in [2.05, 4.69) is 274 Å². The van der Waals surface area contributed by atoms with Gasteiger partial charge in [0.25, 0.3) is 0 Å². The summed E-state index contributed by atoms with van der Waals surface area (Å²) in [5.41, 5.74) is 30.4. The first-order valence-electron chi connectivity index (χ1n) is 47.7. The Morgan fingerprint density at radius 2 is 0.648 bits per heavy atom. The summed E-state index contributed by atoms with van der Waals surface area (Å²) >= 11 is 0. The Morgan fingerprint density at radius 1 is 0.338 bits per heavy atom. The van der Waals surface area contributed by atoms with Crippen LogP contribution in [-0.2, 0) is 90.1 Å². The van der Waals surface area contributed by atoms with E-state index in [1.54, 1.807) is 30.3 Å². The minimum atomic E-state index is -1.25. The average Bonchev–Trinajstić information content (AvgIpc) is 0.802. The number of ether oxygens (including phenoxy) is 2. The number of nitrogens with zero attached hydrogens (tertiary/aromatic N) is 4. The Kier molecular flexibility index (Phi) is 38.3. The summed E-state index contributed by atoms with van der Waals surface area (Å²) in [7, 11) is -4.70. The summed E-state index contributed by atoms with van der Waals surface area (Å²) in [6.45, 7) is 3.88. The maximum Gasteiger partial charge on any atom is 0.346 e. The van der Waals surface area contributed by atoms with E-state index in [0.29, 0.717) is 64.3 Å². The van der Waals surface area contributed by atoms with Gasteiger partial charge in [-0.25, -0.2) is 14.4 Å². The van der Waals surface area contributed by atoms with E-state index >= 15 is 0 Å². The molecule has 14 aromatic carbocycles. The molecule has 2 aliphatic rings. The van der Waals surface area contributed by atoms with Gasteiger partial charge in [0.15, 0.2) is 12.6 Å². The van der Waals surface area contributed by atoms with E-state index < -0.39 is 73.1 Å². The van der Waals surface area contributed by atoms with Crippen molar-refractivity contribution in [2.24, 2.45) is 11.5 Å². The maximum atomic E-state index is 13.2. The predicted octanol–water partition coefficient (Wildman–Crippen LogP) is 19.1. The third-order valence-corrected chi connectivity index (χ3v) is 36.4. The van der Waals surface area contributed by atoms with Crippen LogP contribution >= 0.6 is 31.7 Å². The zero-order valence-corrected chi connectivity index (χ0v) is 84.3. The third-order valence-electron chi connectivity index (χ3n) is 25.7. The molecule has 0 saturated carbocycles. The largest absolute Gasteiger partial charge is 0.478 e. The van der Waals surface area contributed by atoms with Gasteiger partial charge in [0.1, 0.15) is 50.3 Å². The number of aryl methyl sites for hydroxylation is 5. The number of Topliss-reactive ketones (excluding diaryl/α,β-unsaturated/α-hetero) is 2. The molecular formula is C117H117N7NiO13P4+4. The van der Waals surface area contributed by atoms with Crippen LogP contribution in [0.2, 0.25) is 0 Å². The zero-order valence-electron chi connectivity index (χ0n) is 79.3. The van der Waals surface area contributed by atoms with E-state index in [0.717, 1.165) is 114 Å². The van der Waals surface area contributed by atoms with E-state index in [9.17, 15) is 53.1 Å². The predicted molar refractivity (Wildman–Crippen MR) is 577 cm³/mol. The number of esters is 4. The maximum absolute atomic E-state index is 13.2. The second-order valence-electron chi connectivity index (χ2n) is 35.4. The molecule has 0 bridgehead atoms. The molecule has 16 rings (SSSR count). The number of rotatable bonds is 36. The van der Waals surface area contributed by atoms with Crippen LogP contribution in [0, 0.1) is 6.92 Å². The minimum Gasteiger partial charge on any atom is -0.478 e. The SMILES string of the molecule is Cc1ccc(CCN)c(-c2ccc(CCN)c(-c3ccc(CCNC(=O)CCc4ccc(N5C[PH+](c6ccccc6)CN(c6ccc(CCC(=O)OC(=O)c7ccccc7C=O)cc6)C[PH+](c6ccccc6)C5)cc4)cc3)c2)c1.O=Cc1ccccc1C(=O)OC(=O)CCc1ccc(N2C[PH+](c3ccccc3)CN(c3ccc(CCC(=O)C(=O)c4ccccc4C(=O)O)cc3)C[PH+](c3ccccc3)C2)cc1.[Ni]. The summed E-state index contributed by atoms with van der Waals surface area (Å²) in [6.07, 6.45) is 12.9. The number of aldehydes is 2. The molecular weight excluding hydrogens is 1890 g/mol. The molecule has 0 spiro atoms. The summed E-state index contributed by atoms with van der Waals surface area (Å²) in [6, 6.07) is 117. The topological polar surface area (TPSA) is 286 Å². The molecule has 6 N–H and O–H groups in total. The van der Waals surface area contributed by atoms with Gasteiger partial charge in [-0.05, 0) is 247 Å². The van der Waals surface area contributed by atoms with Crippen molar-refractivity contribution in [3.05, 3.63) is 430 Å². The molecule has 2 fully saturated rings. The smallest absolute Gasteiger partial charge is 0.346 e. The van der Waals surface area contributed by atoms with Crippen LogP contribution in [0.5, 0.6) is 0 Å². The van der Waals surface area contributed by atoms with Gasteiger partial charge in [0, 0.05) is 75.3 Å². The molecule has 2 aliphatic heterocycles. The van der Waals surface area contributed by atoms with E-state index in [-0.39, 0.29) is 75.0 Å². The van der Waals surface area contributed by atoms with Gasteiger partial charge in [-0.15, -0.1) is 0 Å². The summed E-state index contributed by atoms with van der Waals surface area (Å²) in [5, 5.41) is 18.1. The molecule has 0 aromatic heterocycles. The second kappa shape index (κ2) is 52.2. The average molecular weight is 2010 g/mol. The number of nitrogens with one attached hydrogen (secondary N) is 1. The molecule has 2 heterocycles. The molecule has 0 radical (unpaired) electrons. The van der Waals surface area contributed by atoms with Crippen LogP contribution in [0.25, 0.3) is 22.3 Å². The number of carboxylic acid groups (broad SMARTS) is 1. The molecule has 724 valence electrons. The number of hydrogen-bond donors (Lipinski definition) is 4. The van der Waals surface area contributed by atoms with Gasteiger partial charge < -0.3 is 51.0 Å². The number of carbonyl (C=O) groups excluding carboxylic acids is 9. The van der Waals surface area contributed by atoms with E-state index in [4.69, 9.17) is 20.9 Å². The Balaban J connectivity index is 0.000000231. The minimum absolute atomic E-state index is 0. The normalized spacial score (nSPS) is 14.7. The number of nitrogens with two attached hydrogens (primary N) is 2. The Morgan fingerprint density at radius 3 is 1.01 bits per heavy atom. The van der Waals surface area contributed by atoms with E-state index in [1.165, 1.54) is 108 Å².